The first-order valence-electron chi connectivity index (χ1n) is 47.1. The van der Waals surface area contributed by atoms with Crippen molar-refractivity contribution in [3.05, 3.63) is 145 Å². The van der Waals surface area contributed by atoms with Crippen LogP contribution in [0.5, 0.6) is 0 Å². The molecule has 0 bridgehead atoms. The second-order valence-corrected chi connectivity index (χ2v) is 45.8. The molecule has 0 amide bonds. The Hall–Kier alpha value is -4.35. The Balaban J connectivity index is 0.000000161. The molecule has 0 aliphatic heterocycles. The van der Waals surface area contributed by atoms with E-state index in [-0.39, 0.29) is 56.1 Å². The predicted octanol–water partition coefficient (Wildman–Crippen LogP) is 28.7. The summed E-state index contributed by atoms with van der Waals surface area (Å²) in [4.78, 5) is 1.06. The average molecular weight is 1740 g/mol. The van der Waals surface area contributed by atoms with E-state index in [1.165, 1.54) is 216 Å². The number of benzene rings is 5. The molecule has 5 N–H and O–H groups in total. The average Bonchev–Trinajstić information content (AvgIpc) is 0.732. The highest BCUT2D eigenvalue weighted by atomic mass is 32.2. The van der Waals surface area contributed by atoms with Gasteiger partial charge in [0.1, 0.15) is 19.6 Å². The van der Waals surface area contributed by atoms with E-state index >= 15 is 0 Å². The Morgan fingerprint density at radius 3 is 0.765 bits per heavy atom. The van der Waals surface area contributed by atoms with E-state index in [4.69, 9.17) is 0 Å². The first-order valence-corrected chi connectivity index (χ1v) is 54.3. The summed E-state index contributed by atoms with van der Waals surface area (Å²) >= 11 is 0. The van der Waals surface area contributed by atoms with Gasteiger partial charge in [-0.25, -0.2) is 0 Å². The Kier molecular flexibility index (Phi) is 36.0. The summed E-state index contributed by atoms with van der Waals surface area (Å²) in [5, 5.41) is 0. The maximum atomic E-state index is 13.4. The van der Waals surface area contributed by atoms with Gasteiger partial charge in [0.2, 0.25) is 0 Å². The van der Waals surface area contributed by atoms with Crippen molar-refractivity contribution in [2.45, 2.75) is 466 Å². The van der Waals surface area contributed by atoms with Crippen molar-refractivity contribution in [1.29, 1.82) is 0 Å². The van der Waals surface area contributed by atoms with E-state index in [1.54, 1.807) is 18.2 Å². The molecule has 9 saturated carbocycles. The van der Waals surface area contributed by atoms with Gasteiger partial charge in [0, 0.05) is 0 Å². The predicted molar refractivity (Wildman–Crippen MR) is 484 cm³/mol. The highest BCUT2D eigenvalue weighted by molar-refractivity contribution is 7.87. The van der Waals surface area contributed by atoms with Gasteiger partial charge in [0.25, 0.3) is 50.6 Å². The topological polar surface area (TPSA) is 272 Å². The second kappa shape index (κ2) is 44.2. The summed E-state index contributed by atoms with van der Waals surface area (Å²) in [5.41, 5.74) is 13.9. The zero-order valence-electron chi connectivity index (χ0n) is 74.1. The minimum absolute atomic E-state index is 0.0492. The van der Waals surface area contributed by atoms with E-state index in [0.29, 0.717) is 73.5 Å². The molecule has 0 spiro atoms. The minimum Gasteiger partial charge on any atom is -0.282 e. The van der Waals surface area contributed by atoms with Crippen LogP contribution in [0.25, 0.3) is 0 Å². The standard InChI is InChI=1S/C30H46O3S.C24H36O3S.C18H26O3S.C15H24O3S.C12H18O3S/c31-34(32,33)30-28(24-17-9-3-10-18-24)26(22-13-5-1-6-14-22)21-27(23-15-7-2-8-16-23)29(30)25-19-11-4-12-20-25;25-28(26,27)24-22(19-12-6-2-7-13-19)16-21(18-10-4-1-5-11-18)17-23(24)20-14-8-3-9-15-20;19-22(20,21)18-13-16(14-7-3-1-4-8-14)11-12-17(18)15-9-5-2-6-10-15;1-9(2)12-7-13(10(3)4)15(19(16,17)18)14(8-12)11(5)6;1-8(2)10-6-5-7-11(9(3)4)12(10)16(13,14)15/h21-25H,1-20H2,(H,31,32,33);16-20H,1-15H2,(H,25,26,27);11-15H,1-10H2,(H,19,20,21);7-11H,1-6H3,(H,16,17,18);5-9H,1-4H3,(H,13,14,15). The normalized spacial score (nSPS) is 20.5. The highest BCUT2D eigenvalue weighted by Gasteiger charge is 2.40. The van der Waals surface area contributed by atoms with Crippen LogP contribution in [0.2, 0.25) is 0 Å². The lowest BCUT2D eigenvalue weighted by atomic mass is 9.70. The van der Waals surface area contributed by atoms with Crippen LogP contribution < -0.4 is 0 Å². The summed E-state index contributed by atoms with van der Waals surface area (Å²) in [7, 11) is -21.0. The SMILES string of the molecule is CC(C)c1cc(C(C)C)c(S(=O)(=O)O)c(C(C)C)c1.CC(C)c1cccc(C(C)C)c1S(=O)(=O)O.O=S(=O)(O)c1c(C2CCCCC2)c(C2CCCCC2)cc(C2CCCCC2)c1C1CCCCC1.O=S(=O)(O)c1c(C2CCCCC2)cc(C2CCCCC2)cc1C1CCCCC1.O=S(=O)(O)c1cc(C2CCCCC2)ccc1C1CCCCC1. The third-order valence-electron chi connectivity index (χ3n) is 28.7. The molecule has 5 aromatic carbocycles. The van der Waals surface area contributed by atoms with Crippen molar-refractivity contribution >= 4 is 50.6 Å². The van der Waals surface area contributed by atoms with E-state index in [1.807, 2.05) is 79.7 Å². The quantitative estimate of drug-likeness (QED) is 0.0481. The first-order chi connectivity index (χ1) is 56.4. The summed E-state index contributed by atoms with van der Waals surface area (Å²) in [6, 6.07) is 21.9. The summed E-state index contributed by atoms with van der Waals surface area (Å²) in [5.74, 6) is 3.96. The molecule has 15 nitrogen and oxygen atoms in total. The Morgan fingerprint density at radius 1 is 0.227 bits per heavy atom. The molecule has 0 unspecified atom stereocenters. The fraction of sp³-hybridized carbons (Fsp3) is 0.697. The molecule has 119 heavy (non-hydrogen) atoms. The van der Waals surface area contributed by atoms with Crippen LogP contribution >= 0.6 is 0 Å². The molecule has 0 aromatic heterocycles. The molecule has 9 aliphatic rings. The van der Waals surface area contributed by atoms with Gasteiger partial charge in [0.05, 0.1) is 4.90 Å². The van der Waals surface area contributed by atoms with Crippen LogP contribution in [0.1, 0.15) is 519 Å². The molecule has 666 valence electrons. The lowest BCUT2D eigenvalue weighted by Gasteiger charge is -2.37. The molecular formula is C99H150O15S5. The van der Waals surface area contributed by atoms with Crippen molar-refractivity contribution in [2.24, 2.45) is 0 Å². The Bertz CT molecular complexity index is 4540. The zero-order chi connectivity index (χ0) is 86.2. The van der Waals surface area contributed by atoms with Crippen LogP contribution in [-0.4, -0.2) is 64.9 Å². The van der Waals surface area contributed by atoms with Crippen molar-refractivity contribution < 1.29 is 64.9 Å². The van der Waals surface area contributed by atoms with Gasteiger partial charge in [-0.3, -0.25) is 22.8 Å². The van der Waals surface area contributed by atoms with Crippen LogP contribution in [-0.2, 0) is 50.6 Å². The Labute approximate surface area is 720 Å². The molecule has 0 heterocycles. The number of hydrogen-bond acceptors (Lipinski definition) is 10. The van der Waals surface area contributed by atoms with Crippen molar-refractivity contribution in [1.82, 2.24) is 0 Å². The second-order valence-electron chi connectivity index (χ2n) is 39.0. The molecule has 0 atom stereocenters. The molecule has 20 heteroatoms. The summed E-state index contributed by atoms with van der Waals surface area (Å²) < 4.78 is 172. The molecule has 9 aliphatic carbocycles. The molecule has 0 radical (unpaired) electrons. The van der Waals surface area contributed by atoms with Crippen molar-refractivity contribution in [3.63, 3.8) is 0 Å². The zero-order valence-corrected chi connectivity index (χ0v) is 78.2. The van der Waals surface area contributed by atoms with Crippen LogP contribution in [0, 0.1) is 0 Å². The summed E-state index contributed by atoms with van der Waals surface area (Å²) in [6.45, 7) is 19.6. The van der Waals surface area contributed by atoms with Crippen LogP contribution in [0.4, 0.5) is 0 Å². The third kappa shape index (κ3) is 26.2. The number of hydrogen-bond donors (Lipinski definition) is 5. The first kappa shape index (κ1) is 96.9. The minimum atomic E-state index is -4.29. The third-order valence-corrected chi connectivity index (χ3v) is 33.6. The van der Waals surface area contributed by atoms with Crippen molar-refractivity contribution in [2.75, 3.05) is 0 Å². The summed E-state index contributed by atoms with van der Waals surface area (Å²) in [6.07, 6.45) is 53.2. The molecule has 14 rings (SSSR count). The van der Waals surface area contributed by atoms with Gasteiger partial charge < -0.3 is 0 Å². The van der Waals surface area contributed by atoms with Gasteiger partial charge in [-0.1, -0.05) is 303 Å². The van der Waals surface area contributed by atoms with Crippen LogP contribution in [0.15, 0.2) is 91.2 Å². The number of rotatable bonds is 19. The molecule has 9 fully saturated rings. The highest BCUT2D eigenvalue weighted by Crippen LogP contribution is 2.53. The van der Waals surface area contributed by atoms with Crippen molar-refractivity contribution in [3.8, 4) is 0 Å². The maximum Gasteiger partial charge on any atom is 0.295 e. The Morgan fingerprint density at radius 2 is 0.487 bits per heavy atom. The van der Waals surface area contributed by atoms with E-state index in [2.05, 4.69) is 38.1 Å². The van der Waals surface area contributed by atoms with Gasteiger partial charge >= 0.3 is 0 Å². The van der Waals surface area contributed by atoms with Crippen LogP contribution in [0.3, 0.4) is 0 Å². The fourth-order valence-electron chi connectivity index (χ4n) is 22.4. The lowest BCUT2D eigenvalue weighted by molar-refractivity contribution is 0.393. The van der Waals surface area contributed by atoms with E-state index in [9.17, 15) is 64.9 Å². The molecule has 5 aromatic rings. The monoisotopic (exact) mass is 1740 g/mol. The maximum absolute atomic E-state index is 13.4. The fourth-order valence-corrected chi connectivity index (χ4v) is 27.8. The largest absolute Gasteiger partial charge is 0.295 e. The van der Waals surface area contributed by atoms with E-state index in [0.717, 1.165) is 129 Å². The van der Waals surface area contributed by atoms with E-state index < -0.39 is 50.6 Å². The molecule has 0 saturated heterocycles. The van der Waals surface area contributed by atoms with Gasteiger partial charge in [-0.2, -0.15) is 42.1 Å². The van der Waals surface area contributed by atoms with Gasteiger partial charge in [-0.05, 0) is 282 Å². The molecular weight excluding hydrogens is 1590 g/mol. The lowest BCUT2D eigenvalue weighted by Crippen LogP contribution is -2.23. The van der Waals surface area contributed by atoms with Gasteiger partial charge in [0.15, 0.2) is 0 Å². The van der Waals surface area contributed by atoms with Gasteiger partial charge in [-0.15, -0.1) is 0 Å². The smallest absolute Gasteiger partial charge is 0.282 e.